The van der Waals surface area contributed by atoms with Gasteiger partial charge in [0.25, 0.3) is 0 Å². The minimum absolute atomic E-state index is 0.0128. The highest BCUT2D eigenvalue weighted by atomic mass is 32.2. The summed E-state index contributed by atoms with van der Waals surface area (Å²) in [6.45, 7) is 0.353. The van der Waals surface area contributed by atoms with E-state index in [4.69, 9.17) is 5.11 Å². The van der Waals surface area contributed by atoms with Gasteiger partial charge >= 0.3 is 5.97 Å². The Hall–Kier alpha value is -1.47. The highest BCUT2D eigenvalue weighted by molar-refractivity contribution is 7.88. The molecule has 0 radical (unpaired) electrons. The molecular weight excluding hydrogens is 285 g/mol. The molecule has 0 bridgehead atoms. The average molecular weight is 301 g/mol. The number of halogens is 1. The maximum atomic E-state index is 12.8. The lowest BCUT2D eigenvalue weighted by atomic mass is 10.0. The summed E-state index contributed by atoms with van der Waals surface area (Å²) < 4.78 is 38.5. The molecule has 0 aliphatic carbocycles. The third kappa shape index (κ3) is 3.55. The van der Waals surface area contributed by atoms with E-state index in [1.54, 1.807) is 0 Å². The molecule has 1 fully saturated rings. The highest BCUT2D eigenvalue weighted by Crippen LogP contribution is 2.21. The standard InChI is InChI=1S/C13H16FNO4S/c14-12-5-3-10(4-6-12)9-20(18,19)15-7-1-2-11(8-15)13(16)17/h3-6,11H,1-2,7-9H2,(H,16,17)/t11-/m0/s1. The van der Waals surface area contributed by atoms with Crippen LogP contribution in [0.2, 0.25) is 0 Å². The molecule has 0 aromatic heterocycles. The van der Waals surface area contributed by atoms with Gasteiger partial charge in [-0.15, -0.1) is 0 Å². The zero-order chi connectivity index (χ0) is 14.8. The van der Waals surface area contributed by atoms with E-state index in [0.717, 1.165) is 0 Å². The molecule has 5 nitrogen and oxygen atoms in total. The Kier molecular flexibility index (Phi) is 4.39. The van der Waals surface area contributed by atoms with E-state index in [2.05, 4.69) is 0 Å². The molecule has 1 N–H and O–H groups in total. The van der Waals surface area contributed by atoms with Crippen LogP contribution in [0, 0.1) is 11.7 Å². The number of benzene rings is 1. The van der Waals surface area contributed by atoms with Gasteiger partial charge in [-0.05, 0) is 30.5 Å². The van der Waals surface area contributed by atoms with Crippen LogP contribution in [0.15, 0.2) is 24.3 Å². The zero-order valence-electron chi connectivity index (χ0n) is 10.8. The number of carboxylic acids is 1. The summed E-state index contributed by atoms with van der Waals surface area (Å²) in [6.07, 6.45) is 1.04. The molecule has 1 aromatic carbocycles. The first-order valence-electron chi connectivity index (χ1n) is 6.33. The lowest BCUT2D eigenvalue weighted by Crippen LogP contribution is -2.42. The maximum Gasteiger partial charge on any atom is 0.307 e. The van der Waals surface area contributed by atoms with Crippen molar-refractivity contribution in [1.29, 1.82) is 0 Å². The third-order valence-electron chi connectivity index (χ3n) is 3.39. The molecule has 1 atom stereocenters. The van der Waals surface area contributed by atoms with Gasteiger partial charge in [-0.2, -0.15) is 0 Å². The summed E-state index contributed by atoms with van der Waals surface area (Å²) in [7, 11) is -3.57. The Bertz CT molecular complexity index is 585. The van der Waals surface area contributed by atoms with Crippen molar-refractivity contribution in [2.45, 2.75) is 18.6 Å². The first kappa shape index (κ1) is 14.9. The van der Waals surface area contributed by atoms with Crippen molar-refractivity contribution in [3.8, 4) is 0 Å². The molecule has 0 spiro atoms. The monoisotopic (exact) mass is 301 g/mol. The number of rotatable bonds is 4. The summed E-state index contributed by atoms with van der Waals surface area (Å²) >= 11 is 0. The van der Waals surface area contributed by atoms with Crippen molar-refractivity contribution >= 4 is 16.0 Å². The van der Waals surface area contributed by atoms with E-state index in [1.807, 2.05) is 0 Å². The van der Waals surface area contributed by atoms with Crippen molar-refractivity contribution < 1.29 is 22.7 Å². The van der Waals surface area contributed by atoms with Crippen molar-refractivity contribution in [2.24, 2.45) is 5.92 Å². The molecule has 1 aromatic rings. The van der Waals surface area contributed by atoms with E-state index >= 15 is 0 Å². The van der Waals surface area contributed by atoms with E-state index < -0.39 is 27.7 Å². The highest BCUT2D eigenvalue weighted by Gasteiger charge is 2.32. The van der Waals surface area contributed by atoms with Crippen molar-refractivity contribution in [1.82, 2.24) is 4.31 Å². The van der Waals surface area contributed by atoms with Gasteiger partial charge in [0.15, 0.2) is 0 Å². The minimum Gasteiger partial charge on any atom is -0.481 e. The number of aliphatic carboxylic acids is 1. The molecule has 1 aliphatic rings. The van der Waals surface area contributed by atoms with Gasteiger partial charge in [0.2, 0.25) is 10.0 Å². The number of piperidine rings is 1. The minimum atomic E-state index is -3.57. The van der Waals surface area contributed by atoms with Crippen LogP contribution in [0.4, 0.5) is 4.39 Å². The van der Waals surface area contributed by atoms with Crippen LogP contribution in [0.1, 0.15) is 18.4 Å². The van der Waals surface area contributed by atoms with Crippen LogP contribution in [-0.4, -0.2) is 36.9 Å². The number of sulfonamides is 1. The lowest BCUT2D eigenvalue weighted by Gasteiger charge is -2.29. The molecule has 2 rings (SSSR count). The Morgan fingerprint density at radius 2 is 2.00 bits per heavy atom. The van der Waals surface area contributed by atoms with E-state index in [1.165, 1.54) is 28.6 Å². The number of carboxylic acid groups (broad SMARTS) is 1. The molecular formula is C13H16FNO4S. The quantitative estimate of drug-likeness (QED) is 0.913. The van der Waals surface area contributed by atoms with Gasteiger partial charge in [0, 0.05) is 13.1 Å². The second-order valence-electron chi connectivity index (χ2n) is 4.92. The summed E-state index contributed by atoms with van der Waals surface area (Å²) in [5.41, 5.74) is 0.490. The number of hydrogen-bond donors (Lipinski definition) is 1. The first-order chi connectivity index (χ1) is 9.38. The summed E-state index contributed by atoms with van der Waals surface area (Å²) in [6, 6.07) is 5.26. The Balaban J connectivity index is 2.09. The zero-order valence-corrected chi connectivity index (χ0v) is 11.6. The van der Waals surface area contributed by atoms with Gasteiger partial charge in [-0.1, -0.05) is 12.1 Å². The van der Waals surface area contributed by atoms with E-state index in [-0.39, 0.29) is 12.3 Å². The van der Waals surface area contributed by atoms with E-state index in [0.29, 0.717) is 24.9 Å². The molecule has 0 unspecified atom stereocenters. The second kappa shape index (κ2) is 5.88. The fraction of sp³-hybridized carbons (Fsp3) is 0.462. The van der Waals surface area contributed by atoms with Gasteiger partial charge in [0.1, 0.15) is 5.82 Å². The Morgan fingerprint density at radius 1 is 1.35 bits per heavy atom. The molecule has 110 valence electrons. The van der Waals surface area contributed by atoms with Crippen LogP contribution in [-0.2, 0) is 20.6 Å². The van der Waals surface area contributed by atoms with Crippen LogP contribution in [0.3, 0.4) is 0 Å². The lowest BCUT2D eigenvalue weighted by molar-refractivity contribution is -0.142. The summed E-state index contributed by atoms with van der Waals surface area (Å²) in [5, 5.41) is 8.98. The fourth-order valence-electron chi connectivity index (χ4n) is 2.28. The Morgan fingerprint density at radius 3 is 2.60 bits per heavy atom. The van der Waals surface area contributed by atoms with Gasteiger partial charge in [-0.25, -0.2) is 17.1 Å². The largest absolute Gasteiger partial charge is 0.481 e. The van der Waals surface area contributed by atoms with Crippen molar-refractivity contribution in [3.63, 3.8) is 0 Å². The Labute approximate surface area is 117 Å². The topological polar surface area (TPSA) is 74.7 Å². The third-order valence-corrected chi connectivity index (χ3v) is 5.21. The average Bonchev–Trinajstić information content (AvgIpc) is 2.41. The normalized spacial score (nSPS) is 20.8. The summed E-state index contributed by atoms with van der Waals surface area (Å²) in [5.74, 6) is -2.27. The molecule has 1 aliphatic heterocycles. The molecule has 0 amide bonds. The van der Waals surface area contributed by atoms with Crippen LogP contribution in [0.5, 0.6) is 0 Å². The van der Waals surface area contributed by atoms with Crippen LogP contribution in [0.25, 0.3) is 0 Å². The second-order valence-corrected chi connectivity index (χ2v) is 6.89. The van der Waals surface area contributed by atoms with Gasteiger partial charge < -0.3 is 5.11 Å². The maximum absolute atomic E-state index is 12.8. The molecule has 20 heavy (non-hydrogen) atoms. The van der Waals surface area contributed by atoms with Gasteiger partial charge in [-0.3, -0.25) is 4.79 Å². The van der Waals surface area contributed by atoms with Crippen LogP contribution < -0.4 is 0 Å². The fourth-order valence-corrected chi connectivity index (χ4v) is 3.89. The van der Waals surface area contributed by atoms with Crippen molar-refractivity contribution in [3.05, 3.63) is 35.6 Å². The SMILES string of the molecule is O=C(O)[C@H]1CCCN(S(=O)(=O)Cc2ccc(F)cc2)C1. The van der Waals surface area contributed by atoms with E-state index in [9.17, 15) is 17.6 Å². The number of carbonyl (C=O) groups is 1. The predicted octanol–water partition coefficient (Wildman–Crippen LogP) is 1.45. The van der Waals surface area contributed by atoms with Gasteiger partial charge in [0.05, 0.1) is 11.7 Å². The van der Waals surface area contributed by atoms with Crippen LogP contribution >= 0.6 is 0 Å². The molecule has 7 heteroatoms. The van der Waals surface area contributed by atoms with Crippen molar-refractivity contribution in [2.75, 3.05) is 13.1 Å². The number of hydrogen-bond acceptors (Lipinski definition) is 3. The smallest absolute Gasteiger partial charge is 0.307 e. The molecule has 1 saturated heterocycles. The first-order valence-corrected chi connectivity index (χ1v) is 7.94. The predicted molar refractivity (Wildman–Crippen MR) is 71.0 cm³/mol. The molecule has 0 saturated carbocycles. The number of nitrogens with zero attached hydrogens (tertiary/aromatic N) is 1. The summed E-state index contributed by atoms with van der Waals surface area (Å²) in [4.78, 5) is 11.0. The molecule has 1 heterocycles.